The Labute approximate surface area is 106 Å². The van der Waals surface area contributed by atoms with E-state index in [4.69, 9.17) is 9.47 Å². The maximum Gasteiger partial charge on any atom is 0.220 e. The molecule has 0 saturated heterocycles. The second-order valence-electron chi connectivity index (χ2n) is 3.71. The lowest BCUT2D eigenvalue weighted by Gasteiger charge is -2.08. The van der Waals surface area contributed by atoms with Crippen LogP contribution in [0.2, 0.25) is 0 Å². The minimum absolute atomic E-state index is 0.0314. The summed E-state index contributed by atoms with van der Waals surface area (Å²) >= 11 is 0. The number of rotatable bonds is 4. The van der Waals surface area contributed by atoms with Crippen LogP contribution in [0.25, 0.3) is 0 Å². The highest BCUT2D eigenvalue weighted by atomic mass is 32.2. The van der Waals surface area contributed by atoms with E-state index in [9.17, 15) is 8.42 Å². The van der Waals surface area contributed by atoms with Crippen molar-refractivity contribution in [2.24, 2.45) is 4.99 Å². The van der Waals surface area contributed by atoms with E-state index in [2.05, 4.69) is 4.99 Å². The minimum atomic E-state index is -3.40. The second-order valence-corrected chi connectivity index (χ2v) is 5.84. The van der Waals surface area contributed by atoms with Crippen molar-refractivity contribution in [2.75, 3.05) is 13.7 Å². The number of hydrogen-bond acceptors (Lipinski definition) is 5. The minimum Gasteiger partial charge on any atom is -0.497 e. The van der Waals surface area contributed by atoms with E-state index in [0.29, 0.717) is 11.5 Å². The molecule has 1 heterocycles. The Morgan fingerprint density at radius 3 is 2.61 bits per heavy atom. The molecule has 2 rings (SSSR count). The highest BCUT2D eigenvalue weighted by Crippen LogP contribution is 2.22. The fourth-order valence-corrected chi connectivity index (χ4v) is 2.43. The molecular formula is C12H13NO4S. The van der Waals surface area contributed by atoms with Gasteiger partial charge in [0.15, 0.2) is 0 Å². The number of nitrogens with zero attached hydrogens (tertiary/aromatic N) is 1. The molecule has 0 radical (unpaired) electrons. The van der Waals surface area contributed by atoms with Crippen LogP contribution in [0.15, 0.2) is 40.4 Å². The van der Waals surface area contributed by atoms with Crippen LogP contribution in [-0.2, 0) is 9.84 Å². The highest BCUT2D eigenvalue weighted by molar-refractivity contribution is 8.09. The van der Waals surface area contributed by atoms with Gasteiger partial charge in [-0.25, -0.2) is 13.4 Å². The molecular weight excluding hydrogens is 254 g/mol. The summed E-state index contributed by atoms with van der Waals surface area (Å²) in [6.45, 7) is 1.43. The molecule has 0 unspecified atom stereocenters. The molecule has 5 nitrogen and oxygen atoms in total. The monoisotopic (exact) mass is 267 g/mol. The van der Waals surface area contributed by atoms with Crippen molar-refractivity contribution in [3.05, 3.63) is 35.4 Å². The van der Waals surface area contributed by atoms with Crippen molar-refractivity contribution < 1.29 is 17.9 Å². The Morgan fingerprint density at radius 2 is 2.00 bits per heavy atom. The Morgan fingerprint density at radius 1 is 1.28 bits per heavy atom. The van der Waals surface area contributed by atoms with Crippen molar-refractivity contribution in [1.82, 2.24) is 0 Å². The summed E-state index contributed by atoms with van der Waals surface area (Å²) in [6, 6.07) is 6.98. The fourth-order valence-electron chi connectivity index (χ4n) is 1.45. The third-order valence-electron chi connectivity index (χ3n) is 2.55. The summed E-state index contributed by atoms with van der Waals surface area (Å²) in [4.78, 5) is 3.95. The van der Waals surface area contributed by atoms with E-state index in [1.807, 2.05) is 0 Å². The summed E-state index contributed by atoms with van der Waals surface area (Å²) in [5, 5.41) is 0.103. The van der Waals surface area contributed by atoms with Crippen molar-refractivity contribution >= 4 is 14.9 Å². The van der Waals surface area contributed by atoms with Crippen LogP contribution in [0.3, 0.4) is 0 Å². The molecule has 0 fully saturated rings. The summed E-state index contributed by atoms with van der Waals surface area (Å²) < 4.78 is 33.9. The van der Waals surface area contributed by atoms with Crippen LogP contribution >= 0.6 is 0 Å². The normalized spacial score (nSPS) is 17.0. The first kappa shape index (κ1) is 12.6. The Balaban J connectivity index is 2.06. The molecule has 0 saturated carbocycles. The number of ether oxygens (including phenoxy) is 2. The van der Waals surface area contributed by atoms with Gasteiger partial charge in [0.05, 0.1) is 7.11 Å². The SMILES string of the molecule is COc1cccc(OCC2=CN=C(C)S2(=O)=O)c1. The molecule has 0 bridgehead atoms. The smallest absolute Gasteiger partial charge is 0.220 e. The Hall–Kier alpha value is -1.82. The van der Waals surface area contributed by atoms with Gasteiger partial charge in [-0.2, -0.15) is 0 Å². The number of methoxy groups -OCH3 is 1. The molecule has 18 heavy (non-hydrogen) atoms. The molecule has 96 valence electrons. The van der Waals surface area contributed by atoms with Crippen LogP contribution < -0.4 is 9.47 Å². The van der Waals surface area contributed by atoms with Gasteiger partial charge < -0.3 is 9.47 Å². The summed E-state index contributed by atoms with van der Waals surface area (Å²) in [5.41, 5.74) is 0. The fraction of sp³-hybridized carbons (Fsp3) is 0.250. The standard InChI is InChI=1S/C12H13NO4S/c1-9-13-7-12(18(9,14)15)8-17-11-5-3-4-10(6-11)16-2/h3-7H,8H2,1-2H3. The van der Waals surface area contributed by atoms with E-state index >= 15 is 0 Å². The number of aliphatic imine (C=N–C) groups is 1. The molecule has 0 aromatic heterocycles. The summed E-state index contributed by atoms with van der Waals surface area (Å²) in [7, 11) is -1.84. The van der Waals surface area contributed by atoms with Crippen molar-refractivity contribution in [3.8, 4) is 11.5 Å². The van der Waals surface area contributed by atoms with Gasteiger partial charge in [0.2, 0.25) is 9.84 Å². The van der Waals surface area contributed by atoms with E-state index in [0.717, 1.165) is 0 Å². The first-order chi connectivity index (χ1) is 8.54. The van der Waals surface area contributed by atoms with Gasteiger partial charge in [0.25, 0.3) is 0 Å². The Kier molecular flexibility index (Phi) is 3.38. The molecule has 0 atom stereocenters. The van der Waals surface area contributed by atoms with Gasteiger partial charge in [-0.3, -0.25) is 0 Å². The van der Waals surface area contributed by atoms with E-state index in [1.165, 1.54) is 13.1 Å². The molecule has 6 heteroatoms. The van der Waals surface area contributed by atoms with Gasteiger partial charge in [-0.05, 0) is 19.1 Å². The number of hydrogen-bond donors (Lipinski definition) is 0. The zero-order valence-corrected chi connectivity index (χ0v) is 10.9. The molecule has 1 aliphatic rings. The molecule has 0 aliphatic carbocycles. The van der Waals surface area contributed by atoms with Gasteiger partial charge in [-0.1, -0.05) is 6.07 Å². The highest BCUT2D eigenvalue weighted by Gasteiger charge is 2.26. The van der Waals surface area contributed by atoms with Crippen LogP contribution in [0.4, 0.5) is 0 Å². The number of benzene rings is 1. The average Bonchev–Trinajstić information content (AvgIpc) is 2.62. The van der Waals surface area contributed by atoms with Gasteiger partial charge in [0, 0.05) is 12.3 Å². The zero-order chi connectivity index (χ0) is 13.2. The van der Waals surface area contributed by atoms with Crippen LogP contribution in [0, 0.1) is 0 Å². The third-order valence-corrected chi connectivity index (χ3v) is 4.34. The van der Waals surface area contributed by atoms with Crippen LogP contribution in [0.5, 0.6) is 11.5 Å². The van der Waals surface area contributed by atoms with Gasteiger partial charge in [0.1, 0.15) is 28.1 Å². The van der Waals surface area contributed by atoms with Gasteiger partial charge >= 0.3 is 0 Å². The largest absolute Gasteiger partial charge is 0.497 e. The molecule has 0 spiro atoms. The first-order valence-corrected chi connectivity index (χ1v) is 6.78. The second kappa shape index (κ2) is 4.81. The third kappa shape index (κ3) is 2.38. The van der Waals surface area contributed by atoms with Crippen LogP contribution in [-0.4, -0.2) is 27.2 Å². The summed E-state index contributed by atoms with van der Waals surface area (Å²) in [5.74, 6) is 1.21. The van der Waals surface area contributed by atoms with E-state index in [-0.39, 0.29) is 16.6 Å². The topological polar surface area (TPSA) is 65.0 Å². The van der Waals surface area contributed by atoms with Gasteiger partial charge in [-0.15, -0.1) is 0 Å². The predicted octanol–water partition coefficient (Wildman–Crippen LogP) is 1.76. The predicted molar refractivity (Wildman–Crippen MR) is 68.6 cm³/mol. The molecule has 1 aromatic carbocycles. The lowest BCUT2D eigenvalue weighted by molar-refractivity contribution is 0.352. The quantitative estimate of drug-likeness (QED) is 0.833. The lowest BCUT2D eigenvalue weighted by atomic mass is 10.3. The van der Waals surface area contributed by atoms with E-state index in [1.54, 1.807) is 31.4 Å². The molecule has 0 amide bonds. The van der Waals surface area contributed by atoms with E-state index < -0.39 is 9.84 Å². The maximum atomic E-state index is 11.7. The lowest BCUT2D eigenvalue weighted by Crippen LogP contribution is -2.14. The molecule has 1 aliphatic heterocycles. The van der Waals surface area contributed by atoms with Crippen molar-refractivity contribution in [1.29, 1.82) is 0 Å². The molecule has 1 aromatic rings. The van der Waals surface area contributed by atoms with Crippen LogP contribution in [0.1, 0.15) is 6.92 Å². The maximum absolute atomic E-state index is 11.7. The molecule has 0 N–H and O–H groups in total. The zero-order valence-electron chi connectivity index (χ0n) is 10.1. The Bertz CT molecular complexity index is 617. The van der Waals surface area contributed by atoms with Crippen molar-refractivity contribution in [2.45, 2.75) is 6.92 Å². The average molecular weight is 267 g/mol. The first-order valence-electron chi connectivity index (χ1n) is 5.29. The summed E-state index contributed by atoms with van der Waals surface area (Å²) in [6.07, 6.45) is 1.32. The van der Waals surface area contributed by atoms with Crippen molar-refractivity contribution in [3.63, 3.8) is 0 Å². The number of sulfone groups is 1.